The van der Waals surface area contributed by atoms with E-state index in [-0.39, 0.29) is 5.63 Å². The summed E-state index contributed by atoms with van der Waals surface area (Å²) in [6.45, 7) is 1.93. The number of aromatic nitrogens is 1. The van der Waals surface area contributed by atoms with E-state index in [1.54, 1.807) is 6.07 Å². The Morgan fingerprint density at radius 2 is 1.86 bits per heavy atom. The Kier molecular flexibility index (Phi) is 2.72. The van der Waals surface area contributed by atoms with Crippen LogP contribution in [0, 0.1) is 6.92 Å². The fourth-order valence-electron chi connectivity index (χ4n) is 2.39. The molecule has 22 heavy (non-hydrogen) atoms. The van der Waals surface area contributed by atoms with Crippen molar-refractivity contribution >= 4 is 33.8 Å². The van der Waals surface area contributed by atoms with Crippen LogP contribution in [0.25, 0.3) is 22.1 Å². The van der Waals surface area contributed by atoms with Gasteiger partial charge in [-0.1, -0.05) is 12.1 Å². The van der Waals surface area contributed by atoms with Crippen LogP contribution in [0.3, 0.4) is 0 Å². The summed E-state index contributed by atoms with van der Waals surface area (Å²) >= 11 is 0. The molecule has 108 valence electrons. The molecule has 1 N–H and O–H groups in total. The Hall–Kier alpha value is -3.08. The molecule has 5 heteroatoms. The quantitative estimate of drug-likeness (QED) is 0.566. The Bertz CT molecular complexity index is 1010. The van der Waals surface area contributed by atoms with Gasteiger partial charge in [0.05, 0.1) is 0 Å². The van der Waals surface area contributed by atoms with Gasteiger partial charge in [0, 0.05) is 17.1 Å². The number of hydrogen-bond donors (Lipinski definition) is 1. The zero-order valence-corrected chi connectivity index (χ0v) is 11.8. The van der Waals surface area contributed by atoms with Gasteiger partial charge in [0.2, 0.25) is 0 Å². The topological polar surface area (TPSA) is 68.3 Å². The number of aryl methyl sites for hydroxylation is 1. The lowest BCUT2D eigenvalue weighted by atomic mass is 10.1. The van der Waals surface area contributed by atoms with Crippen LogP contribution in [-0.4, -0.2) is 4.98 Å². The Balaban J connectivity index is 1.78. The molecular formula is C17H12N2O3. The molecular weight excluding hydrogens is 280 g/mol. The number of benzene rings is 2. The SMILES string of the molecule is Cc1cc2oc(=O)ccc2cc1Nc1nc2ccccc2o1. The van der Waals surface area contributed by atoms with Gasteiger partial charge in [0.1, 0.15) is 11.1 Å². The van der Waals surface area contributed by atoms with Crippen LogP contribution in [-0.2, 0) is 0 Å². The fraction of sp³-hybridized carbons (Fsp3) is 0.0588. The third-order valence-corrected chi connectivity index (χ3v) is 3.50. The largest absolute Gasteiger partial charge is 0.423 e. The van der Waals surface area contributed by atoms with Gasteiger partial charge in [0.25, 0.3) is 6.01 Å². The van der Waals surface area contributed by atoms with Crippen LogP contribution in [0.15, 0.2) is 62.2 Å². The zero-order valence-electron chi connectivity index (χ0n) is 11.8. The van der Waals surface area contributed by atoms with Crippen molar-refractivity contribution in [3.63, 3.8) is 0 Å². The minimum atomic E-state index is -0.355. The van der Waals surface area contributed by atoms with E-state index in [0.29, 0.717) is 11.6 Å². The first kappa shape index (κ1) is 12.6. The first-order valence-electron chi connectivity index (χ1n) is 6.86. The Labute approximate surface area is 125 Å². The molecule has 0 aliphatic carbocycles. The van der Waals surface area contributed by atoms with Crippen LogP contribution in [0.2, 0.25) is 0 Å². The summed E-state index contributed by atoms with van der Waals surface area (Å²) in [6, 6.07) is 14.9. The highest BCUT2D eigenvalue weighted by molar-refractivity contribution is 5.84. The van der Waals surface area contributed by atoms with Crippen molar-refractivity contribution in [2.45, 2.75) is 6.92 Å². The van der Waals surface area contributed by atoms with Crippen LogP contribution < -0.4 is 10.9 Å². The van der Waals surface area contributed by atoms with Crippen molar-refractivity contribution in [2.24, 2.45) is 0 Å². The molecule has 0 radical (unpaired) electrons. The summed E-state index contributed by atoms with van der Waals surface area (Å²) in [6.07, 6.45) is 0. The average Bonchev–Trinajstić information content (AvgIpc) is 2.90. The standard InChI is InChI=1S/C17H12N2O3/c1-10-8-15-11(6-7-16(20)21-15)9-13(10)19-17-18-12-4-2-3-5-14(12)22-17/h2-9H,1H3,(H,18,19). The summed E-state index contributed by atoms with van der Waals surface area (Å²) in [7, 11) is 0. The van der Waals surface area contributed by atoms with E-state index in [2.05, 4.69) is 10.3 Å². The summed E-state index contributed by atoms with van der Waals surface area (Å²) < 4.78 is 10.8. The second kappa shape index (κ2) is 4.73. The Morgan fingerprint density at radius 1 is 1.00 bits per heavy atom. The maximum Gasteiger partial charge on any atom is 0.336 e. The van der Waals surface area contributed by atoms with Gasteiger partial charge in [0.15, 0.2) is 5.58 Å². The van der Waals surface area contributed by atoms with Crippen LogP contribution in [0.4, 0.5) is 11.7 Å². The lowest BCUT2D eigenvalue weighted by molar-refractivity contribution is 0.561. The van der Waals surface area contributed by atoms with Crippen molar-refractivity contribution in [1.82, 2.24) is 4.98 Å². The van der Waals surface area contributed by atoms with Crippen molar-refractivity contribution in [3.8, 4) is 0 Å². The van der Waals surface area contributed by atoms with E-state index in [0.717, 1.165) is 27.7 Å². The third kappa shape index (κ3) is 2.13. The number of nitrogens with one attached hydrogen (secondary N) is 1. The molecule has 0 saturated heterocycles. The molecule has 0 fully saturated rings. The van der Waals surface area contributed by atoms with Gasteiger partial charge in [-0.3, -0.25) is 0 Å². The van der Waals surface area contributed by atoms with E-state index in [9.17, 15) is 4.79 Å². The van der Waals surface area contributed by atoms with E-state index in [1.165, 1.54) is 6.07 Å². The molecule has 4 rings (SSSR count). The van der Waals surface area contributed by atoms with Crippen molar-refractivity contribution in [2.75, 3.05) is 5.32 Å². The average molecular weight is 292 g/mol. The second-order valence-corrected chi connectivity index (χ2v) is 5.07. The van der Waals surface area contributed by atoms with Gasteiger partial charge < -0.3 is 14.2 Å². The molecule has 2 aromatic carbocycles. The summed E-state index contributed by atoms with van der Waals surface area (Å²) in [5.74, 6) is 0. The van der Waals surface area contributed by atoms with E-state index < -0.39 is 0 Å². The van der Waals surface area contributed by atoms with E-state index in [4.69, 9.17) is 8.83 Å². The highest BCUT2D eigenvalue weighted by Crippen LogP contribution is 2.27. The number of rotatable bonds is 2. The maximum absolute atomic E-state index is 11.3. The smallest absolute Gasteiger partial charge is 0.336 e. The molecule has 0 bridgehead atoms. The first-order chi connectivity index (χ1) is 10.7. The molecule has 0 saturated carbocycles. The highest BCUT2D eigenvalue weighted by atomic mass is 16.4. The lowest BCUT2D eigenvalue weighted by Crippen LogP contribution is -1.97. The molecule has 0 aliphatic rings. The molecule has 0 spiro atoms. The predicted octanol–water partition coefficient (Wildman–Crippen LogP) is 3.99. The molecule has 0 unspecified atom stereocenters. The lowest BCUT2D eigenvalue weighted by Gasteiger charge is -2.07. The molecule has 5 nitrogen and oxygen atoms in total. The van der Waals surface area contributed by atoms with E-state index in [1.807, 2.05) is 43.3 Å². The maximum atomic E-state index is 11.3. The molecule has 0 aliphatic heterocycles. The van der Waals surface area contributed by atoms with Crippen LogP contribution in [0.1, 0.15) is 5.56 Å². The molecule has 0 amide bonds. The number of nitrogens with zero attached hydrogens (tertiary/aromatic N) is 1. The summed E-state index contributed by atoms with van der Waals surface area (Å²) in [5, 5.41) is 4.01. The summed E-state index contributed by atoms with van der Waals surface area (Å²) in [4.78, 5) is 15.7. The van der Waals surface area contributed by atoms with Gasteiger partial charge in [-0.15, -0.1) is 0 Å². The van der Waals surface area contributed by atoms with E-state index >= 15 is 0 Å². The number of hydrogen-bond acceptors (Lipinski definition) is 5. The zero-order chi connectivity index (χ0) is 15.1. The fourth-order valence-corrected chi connectivity index (χ4v) is 2.39. The molecule has 4 aromatic rings. The van der Waals surface area contributed by atoms with Crippen molar-refractivity contribution in [3.05, 3.63) is 64.5 Å². The molecule has 2 aromatic heterocycles. The number of anilines is 2. The second-order valence-electron chi connectivity index (χ2n) is 5.07. The van der Waals surface area contributed by atoms with Crippen LogP contribution in [0.5, 0.6) is 0 Å². The monoisotopic (exact) mass is 292 g/mol. The normalized spacial score (nSPS) is 11.1. The van der Waals surface area contributed by atoms with Crippen LogP contribution >= 0.6 is 0 Å². The minimum absolute atomic E-state index is 0.355. The number of para-hydroxylation sites is 2. The van der Waals surface area contributed by atoms with Gasteiger partial charge in [-0.05, 0) is 42.8 Å². The Morgan fingerprint density at radius 3 is 2.73 bits per heavy atom. The minimum Gasteiger partial charge on any atom is -0.423 e. The molecule has 0 atom stereocenters. The number of oxazole rings is 1. The van der Waals surface area contributed by atoms with Gasteiger partial charge in [-0.25, -0.2) is 4.79 Å². The van der Waals surface area contributed by atoms with Crippen molar-refractivity contribution in [1.29, 1.82) is 0 Å². The highest BCUT2D eigenvalue weighted by Gasteiger charge is 2.08. The van der Waals surface area contributed by atoms with Gasteiger partial charge in [-0.2, -0.15) is 4.98 Å². The first-order valence-corrected chi connectivity index (χ1v) is 6.86. The number of fused-ring (bicyclic) bond motifs is 2. The van der Waals surface area contributed by atoms with Crippen molar-refractivity contribution < 1.29 is 8.83 Å². The molecule has 2 heterocycles. The van der Waals surface area contributed by atoms with Gasteiger partial charge >= 0.3 is 5.63 Å². The summed E-state index contributed by atoms with van der Waals surface area (Å²) in [5.41, 5.74) is 3.53. The predicted molar refractivity (Wildman–Crippen MR) is 84.5 cm³/mol. The third-order valence-electron chi connectivity index (χ3n) is 3.50.